The van der Waals surface area contributed by atoms with Crippen molar-refractivity contribution in [2.24, 2.45) is 0 Å². The molecule has 0 amide bonds. The predicted molar refractivity (Wildman–Crippen MR) is 43.7 cm³/mol. The van der Waals surface area contributed by atoms with Crippen molar-refractivity contribution in [3.8, 4) is 6.07 Å². The second-order valence-electron chi connectivity index (χ2n) is 2.30. The first-order valence-corrected chi connectivity index (χ1v) is 3.63. The molecular formula is C8H3ClN2O. The van der Waals surface area contributed by atoms with Crippen molar-refractivity contribution in [3.05, 3.63) is 28.9 Å². The molecule has 0 aliphatic carbocycles. The molecule has 1 heterocycles. The van der Waals surface area contributed by atoms with Gasteiger partial charge in [0.1, 0.15) is 6.07 Å². The zero-order chi connectivity index (χ0) is 8.55. The smallest absolute Gasteiger partial charge is 0.169 e. The number of benzene rings is 1. The van der Waals surface area contributed by atoms with Gasteiger partial charge in [-0.05, 0) is 6.07 Å². The van der Waals surface area contributed by atoms with E-state index in [9.17, 15) is 0 Å². The number of rotatable bonds is 0. The Balaban J connectivity index is 2.91. The number of hydrogen-bond acceptors (Lipinski definition) is 3. The second kappa shape index (κ2) is 2.50. The topological polar surface area (TPSA) is 49.8 Å². The molecule has 0 saturated heterocycles. The molecule has 0 N–H and O–H groups in total. The molecule has 2 aromatic rings. The summed E-state index contributed by atoms with van der Waals surface area (Å²) in [4.78, 5) is 0. The lowest BCUT2D eigenvalue weighted by molar-refractivity contribution is 0.456. The Labute approximate surface area is 73.1 Å². The van der Waals surface area contributed by atoms with Gasteiger partial charge in [-0.25, -0.2) is 0 Å². The van der Waals surface area contributed by atoms with Crippen molar-refractivity contribution in [3.63, 3.8) is 0 Å². The van der Waals surface area contributed by atoms with Crippen LogP contribution in [0.2, 0.25) is 5.02 Å². The third-order valence-electron chi connectivity index (χ3n) is 1.56. The van der Waals surface area contributed by atoms with Crippen LogP contribution in [0, 0.1) is 11.3 Å². The Morgan fingerprint density at radius 1 is 1.50 bits per heavy atom. The third kappa shape index (κ3) is 0.936. The van der Waals surface area contributed by atoms with Crippen molar-refractivity contribution < 1.29 is 4.52 Å². The average molecular weight is 179 g/mol. The molecule has 0 spiro atoms. The van der Waals surface area contributed by atoms with Gasteiger partial charge in [-0.15, -0.1) is 0 Å². The lowest BCUT2D eigenvalue weighted by Gasteiger charge is -1.91. The van der Waals surface area contributed by atoms with Gasteiger partial charge >= 0.3 is 0 Å². The Morgan fingerprint density at radius 2 is 2.33 bits per heavy atom. The van der Waals surface area contributed by atoms with E-state index >= 15 is 0 Å². The normalized spacial score (nSPS) is 10.0. The van der Waals surface area contributed by atoms with Gasteiger partial charge in [0.2, 0.25) is 0 Å². The molecule has 0 fully saturated rings. The van der Waals surface area contributed by atoms with Gasteiger partial charge in [0, 0.05) is 11.1 Å². The van der Waals surface area contributed by atoms with E-state index in [1.54, 1.807) is 12.1 Å². The molecule has 0 aliphatic rings. The van der Waals surface area contributed by atoms with Crippen molar-refractivity contribution >= 4 is 22.6 Å². The number of nitriles is 1. The first-order valence-electron chi connectivity index (χ1n) is 3.25. The van der Waals surface area contributed by atoms with E-state index in [4.69, 9.17) is 21.4 Å². The van der Waals surface area contributed by atoms with Gasteiger partial charge in [-0.1, -0.05) is 16.8 Å². The number of fused-ring (bicyclic) bond motifs is 1. The highest BCUT2D eigenvalue weighted by Crippen LogP contribution is 2.22. The molecule has 0 atom stereocenters. The lowest BCUT2D eigenvalue weighted by Crippen LogP contribution is -1.74. The first-order chi connectivity index (χ1) is 5.81. The van der Waals surface area contributed by atoms with E-state index in [1.807, 2.05) is 6.07 Å². The van der Waals surface area contributed by atoms with Gasteiger partial charge < -0.3 is 4.52 Å². The summed E-state index contributed by atoms with van der Waals surface area (Å²) in [5, 5.41) is 13.4. The molecular weight excluding hydrogens is 176 g/mol. The van der Waals surface area contributed by atoms with E-state index in [0.717, 1.165) is 0 Å². The van der Waals surface area contributed by atoms with E-state index in [0.29, 0.717) is 21.6 Å². The number of aromatic nitrogens is 1. The number of halogens is 1. The molecule has 1 aromatic carbocycles. The summed E-state index contributed by atoms with van der Waals surface area (Å²) >= 11 is 5.72. The molecule has 0 saturated carbocycles. The quantitative estimate of drug-likeness (QED) is 0.622. The van der Waals surface area contributed by atoms with E-state index in [1.165, 1.54) is 6.20 Å². The maximum absolute atomic E-state index is 8.70. The van der Waals surface area contributed by atoms with Gasteiger partial charge in [0.05, 0.1) is 17.1 Å². The second-order valence-corrected chi connectivity index (χ2v) is 2.74. The van der Waals surface area contributed by atoms with E-state index in [2.05, 4.69) is 5.16 Å². The summed E-state index contributed by atoms with van der Waals surface area (Å²) in [6.07, 6.45) is 1.50. The molecule has 12 heavy (non-hydrogen) atoms. The molecule has 0 radical (unpaired) electrons. The van der Waals surface area contributed by atoms with Crippen LogP contribution in [-0.2, 0) is 0 Å². The van der Waals surface area contributed by atoms with Crippen LogP contribution in [0.15, 0.2) is 22.9 Å². The van der Waals surface area contributed by atoms with Crippen LogP contribution in [0.4, 0.5) is 0 Å². The molecule has 0 bridgehead atoms. The van der Waals surface area contributed by atoms with Crippen LogP contribution < -0.4 is 0 Å². The Kier molecular flexibility index (Phi) is 1.49. The van der Waals surface area contributed by atoms with Crippen LogP contribution in [-0.4, -0.2) is 5.16 Å². The highest BCUT2D eigenvalue weighted by molar-refractivity contribution is 6.31. The Morgan fingerprint density at radius 3 is 3.08 bits per heavy atom. The van der Waals surface area contributed by atoms with Crippen molar-refractivity contribution in [1.29, 1.82) is 5.26 Å². The van der Waals surface area contributed by atoms with Crippen LogP contribution in [0.25, 0.3) is 11.0 Å². The largest absolute Gasteiger partial charge is 0.356 e. The van der Waals surface area contributed by atoms with Gasteiger partial charge in [-0.2, -0.15) is 5.26 Å². The summed E-state index contributed by atoms with van der Waals surface area (Å²) in [5.41, 5.74) is 1.03. The minimum atomic E-state index is 0.482. The fourth-order valence-corrected chi connectivity index (χ4v) is 1.24. The number of hydrogen-bond donors (Lipinski definition) is 0. The van der Waals surface area contributed by atoms with Crippen LogP contribution in [0.5, 0.6) is 0 Å². The maximum Gasteiger partial charge on any atom is 0.169 e. The Hall–Kier alpha value is -1.53. The average Bonchev–Trinajstić information content (AvgIpc) is 2.50. The molecule has 0 unspecified atom stereocenters. The fourth-order valence-electron chi connectivity index (χ4n) is 1.03. The summed E-state index contributed by atoms with van der Waals surface area (Å²) in [6, 6.07) is 5.23. The summed E-state index contributed by atoms with van der Waals surface area (Å²) < 4.78 is 4.86. The standard InChI is InChI=1S/C8H3ClN2O/c9-6-1-5(3-10)7-4-11-12-8(7)2-6/h1-2,4H. The minimum Gasteiger partial charge on any atom is -0.356 e. The predicted octanol–water partition coefficient (Wildman–Crippen LogP) is 2.35. The van der Waals surface area contributed by atoms with E-state index in [-0.39, 0.29) is 0 Å². The van der Waals surface area contributed by atoms with Crippen molar-refractivity contribution in [2.45, 2.75) is 0 Å². The molecule has 58 valence electrons. The number of nitrogens with zero attached hydrogens (tertiary/aromatic N) is 2. The zero-order valence-corrected chi connectivity index (χ0v) is 6.67. The molecule has 3 nitrogen and oxygen atoms in total. The van der Waals surface area contributed by atoms with Crippen molar-refractivity contribution in [1.82, 2.24) is 5.16 Å². The van der Waals surface area contributed by atoms with Gasteiger partial charge in [0.15, 0.2) is 5.58 Å². The van der Waals surface area contributed by atoms with E-state index < -0.39 is 0 Å². The molecule has 2 rings (SSSR count). The zero-order valence-electron chi connectivity index (χ0n) is 5.91. The summed E-state index contributed by atoms with van der Waals surface area (Å²) in [5.74, 6) is 0. The fraction of sp³-hybridized carbons (Fsp3) is 0. The summed E-state index contributed by atoms with van der Waals surface area (Å²) in [7, 11) is 0. The summed E-state index contributed by atoms with van der Waals surface area (Å²) in [6.45, 7) is 0. The highest BCUT2D eigenvalue weighted by Gasteiger charge is 2.05. The molecule has 4 heteroatoms. The van der Waals surface area contributed by atoms with Crippen LogP contribution in [0.3, 0.4) is 0 Å². The molecule has 1 aromatic heterocycles. The van der Waals surface area contributed by atoms with Crippen LogP contribution in [0.1, 0.15) is 5.56 Å². The van der Waals surface area contributed by atoms with Crippen LogP contribution >= 0.6 is 11.6 Å². The first kappa shape index (κ1) is 7.14. The monoisotopic (exact) mass is 178 g/mol. The lowest BCUT2D eigenvalue weighted by atomic mass is 10.1. The third-order valence-corrected chi connectivity index (χ3v) is 1.78. The van der Waals surface area contributed by atoms with Gasteiger partial charge in [-0.3, -0.25) is 0 Å². The highest BCUT2D eigenvalue weighted by atomic mass is 35.5. The van der Waals surface area contributed by atoms with Gasteiger partial charge in [0.25, 0.3) is 0 Å². The Bertz CT molecular complexity index is 469. The minimum absolute atomic E-state index is 0.482. The van der Waals surface area contributed by atoms with Crippen molar-refractivity contribution in [2.75, 3.05) is 0 Å². The molecule has 0 aliphatic heterocycles. The SMILES string of the molecule is N#Cc1cc(Cl)cc2oncc12. The maximum atomic E-state index is 8.70.